The first-order valence-corrected chi connectivity index (χ1v) is 4.83. The Balaban J connectivity index is 2.05. The lowest BCUT2D eigenvalue weighted by molar-refractivity contribution is 0.299. The highest BCUT2D eigenvalue weighted by Crippen LogP contribution is 2.16. The Morgan fingerprint density at radius 3 is 2.75 bits per heavy atom. The molecule has 0 saturated carbocycles. The summed E-state index contributed by atoms with van der Waals surface area (Å²) in [6.45, 7) is 4.01. The summed E-state index contributed by atoms with van der Waals surface area (Å²) in [6.07, 6.45) is 1.34. The molecule has 4 nitrogen and oxygen atoms in total. The van der Waals surface area contributed by atoms with Gasteiger partial charge in [0.15, 0.2) is 0 Å². The van der Waals surface area contributed by atoms with Crippen molar-refractivity contribution < 1.29 is 13.7 Å². The van der Waals surface area contributed by atoms with Gasteiger partial charge in [-0.25, -0.2) is 4.98 Å². The second-order valence-corrected chi connectivity index (χ2v) is 3.41. The van der Waals surface area contributed by atoms with Gasteiger partial charge in [0.1, 0.15) is 18.1 Å². The Bertz CT molecular complexity index is 460. The average Bonchev–Trinajstić information content (AvgIpc) is 2.59. The van der Waals surface area contributed by atoms with Crippen molar-refractivity contribution in [2.75, 3.05) is 0 Å². The normalized spacial score (nSPS) is 10.4. The number of nitrogens with zero attached hydrogens (tertiary/aromatic N) is 2. The Morgan fingerprint density at radius 1 is 1.38 bits per heavy atom. The smallest absolute Gasteiger partial charge is 0.213 e. The van der Waals surface area contributed by atoms with Crippen molar-refractivity contribution in [2.45, 2.75) is 20.5 Å². The van der Waals surface area contributed by atoms with E-state index in [-0.39, 0.29) is 0 Å². The Kier molecular flexibility index (Phi) is 2.85. The van der Waals surface area contributed by atoms with Gasteiger partial charge in [-0.15, -0.1) is 0 Å². The van der Waals surface area contributed by atoms with Crippen LogP contribution in [0.1, 0.15) is 17.0 Å². The molecule has 16 heavy (non-hydrogen) atoms. The van der Waals surface area contributed by atoms with E-state index >= 15 is 0 Å². The molecule has 0 spiro atoms. The zero-order valence-corrected chi connectivity index (χ0v) is 9.03. The molecule has 0 fully saturated rings. The van der Waals surface area contributed by atoms with E-state index in [0.717, 1.165) is 17.0 Å². The fourth-order valence-electron chi connectivity index (χ4n) is 1.31. The fraction of sp³-hybridized carbons (Fsp3) is 0.273. The minimum Gasteiger partial charge on any atom is -0.487 e. The molecule has 5 heteroatoms. The summed E-state index contributed by atoms with van der Waals surface area (Å²) < 4.78 is 23.0. The van der Waals surface area contributed by atoms with E-state index < -0.39 is 5.95 Å². The van der Waals surface area contributed by atoms with Crippen LogP contribution in [0.3, 0.4) is 0 Å². The molecule has 0 N–H and O–H groups in total. The highest BCUT2D eigenvalue weighted by atomic mass is 19.1. The first kappa shape index (κ1) is 10.6. The number of aromatic nitrogens is 2. The molecular formula is C11H11FN2O2. The molecule has 0 aliphatic rings. The molecule has 0 aliphatic heterocycles. The van der Waals surface area contributed by atoms with Crippen molar-refractivity contribution in [3.05, 3.63) is 41.3 Å². The number of hydrogen-bond donors (Lipinski definition) is 0. The molecule has 2 heterocycles. The van der Waals surface area contributed by atoms with Crippen LogP contribution < -0.4 is 4.74 Å². The standard InChI is InChI=1S/C11H11FN2O2/c1-7-10(8(2)16-14-7)6-15-9-3-4-11(12)13-5-9/h3-5H,6H2,1-2H3. The van der Waals surface area contributed by atoms with Crippen molar-refractivity contribution in [1.82, 2.24) is 10.1 Å². The van der Waals surface area contributed by atoms with Gasteiger partial charge in [-0.1, -0.05) is 5.16 Å². The van der Waals surface area contributed by atoms with Gasteiger partial charge in [0.05, 0.1) is 17.5 Å². The lowest BCUT2D eigenvalue weighted by atomic mass is 10.2. The van der Waals surface area contributed by atoms with Gasteiger partial charge >= 0.3 is 0 Å². The van der Waals surface area contributed by atoms with E-state index in [1.165, 1.54) is 18.3 Å². The van der Waals surface area contributed by atoms with Crippen molar-refractivity contribution in [3.8, 4) is 5.75 Å². The summed E-state index contributed by atoms with van der Waals surface area (Å²) in [5, 5.41) is 3.81. The Hall–Kier alpha value is -1.91. The SMILES string of the molecule is Cc1noc(C)c1COc1ccc(F)nc1. The van der Waals surface area contributed by atoms with Crippen LogP contribution in [0.5, 0.6) is 5.75 Å². The fourth-order valence-corrected chi connectivity index (χ4v) is 1.31. The predicted octanol–water partition coefficient (Wildman–Crippen LogP) is 2.40. The van der Waals surface area contributed by atoms with Gasteiger partial charge in [-0.05, 0) is 26.0 Å². The zero-order valence-electron chi connectivity index (χ0n) is 9.03. The third-order valence-corrected chi connectivity index (χ3v) is 2.26. The van der Waals surface area contributed by atoms with Gasteiger partial charge in [-0.2, -0.15) is 4.39 Å². The molecule has 0 aliphatic carbocycles. The van der Waals surface area contributed by atoms with Crippen LogP contribution in [-0.4, -0.2) is 10.1 Å². The second-order valence-electron chi connectivity index (χ2n) is 3.41. The van der Waals surface area contributed by atoms with Gasteiger partial charge < -0.3 is 9.26 Å². The van der Waals surface area contributed by atoms with Crippen LogP contribution in [0.15, 0.2) is 22.9 Å². The maximum Gasteiger partial charge on any atom is 0.213 e. The first-order chi connectivity index (χ1) is 7.66. The van der Waals surface area contributed by atoms with Gasteiger partial charge in [-0.3, -0.25) is 0 Å². The second kappa shape index (κ2) is 4.30. The van der Waals surface area contributed by atoms with E-state index in [9.17, 15) is 4.39 Å². The molecule has 0 aromatic carbocycles. The number of halogens is 1. The molecule has 84 valence electrons. The molecule has 0 radical (unpaired) electrons. The van der Waals surface area contributed by atoms with E-state index in [1.807, 2.05) is 13.8 Å². The molecule has 2 aromatic rings. The third-order valence-electron chi connectivity index (χ3n) is 2.26. The monoisotopic (exact) mass is 222 g/mol. The van der Waals surface area contributed by atoms with Crippen LogP contribution in [0.25, 0.3) is 0 Å². The van der Waals surface area contributed by atoms with Gasteiger partial charge in [0.25, 0.3) is 0 Å². The molecule has 0 unspecified atom stereocenters. The van der Waals surface area contributed by atoms with Gasteiger partial charge in [0, 0.05) is 0 Å². The Labute approximate surface area is 92.0 Å². The summed E-state index contributed by atoms with van der Waals surface area (Å²) in [6, 6.07) is 2.78. The molecule has 2 rings (SSSR count). The summed E-state index contributed by atoms with van der Waals surface area (Å²) in [5.41, 5.74) is 1.71. The number of rotatable bonds is 3. The van der Waals surface area contributed by atoms with E-state index in [4.69, 9.17) is 9.26 Å². The highest BCUT2D eigenvalue weighted by Gasteiger charge is 2.09. The number of ether oxygens (including phenoxy) is 1. The number of pyridine rings is 1. The largest absolute Gasteiger partial charge is 0.487 e. The minimum atomic E-state index is -0.523. The number of hydrogen-bond acceptors (Lipinski definition) is 4. The van der Waals surface area contributed by atoms with Crippen molar-refractivity contribution in [1.29, 1.82) is 0 Å². The van der Waals surface area contributed by atoms with Crippen molar-refractivity contribution in [3.63, 3.8) is 0 Å². The van der Waals surface area contributed by atoms with E-state index in [0.29, 0.717) is 12.4 Å². The summed E-state index contributed by atoms with van der Waals surface area (Å²) in [4.78, 5) is 3.49. The molecule has 2 aromatic heterocycles. The van der Waals surface area contributed by atoms with Crippen LogP contribution in [0.2, 0.25) is 0 Å². The van der Waals surface area contributed by atoms with Crippen LogP contribution in [-0.2, 0) is 6.61 Å². The number of aryl methyl sites for hydroxylation is 2. The topological polar surface area (TPSA) is 48.2 Å². The molecule has 0 atom stereocenters. The quantitative estimate of drug-likeness (QED) is 0.748. The summed E-state index contributed by atoms with van der Waals surface area (Å²) >= 11 is 0. The van der Waals surface area contributed by atoms with Crippen LogP contribution in [0, 0.1) is 19.8 Å². The average molecular weight is 222 g/mol. The van der Waals surface area contributed by atoms with E-state index in [2.05, 4.69) is 10.1 Å². The first-order valence-electron chi connectivity index (χ1n) is 4.83. The van der Waals surface area contributed by atoms with Gasteiger partial charge in [0.2, 0.25) is 5.95 Å². The van der Waals surface area contributed by atoms with E-state index in [1.54, 1.807) is 0 Å². The third kappa shape index (κ3) is 2.18. The van der Waals surface area contributed by atoms with Crippen LogP contribution in [0.4, 0.5) is 4.39 Å². The maximum absolute atomic E-state index is 12.5. The lowest BCUT2D eigenvalue weighted by Gasteiger charge is -2.04. The highest BCUT2D eigenvalue weighted by molar-refractivity contribution is 5.22. The molecule has 0 saturated heterocycles. The molecule has 0 bridgehead atoms. The van der Waals surface area contributed by atoms with Crippen LogP contribution >= 0.6 is 0 Å². The maximum atomic E-state index is 12.5. The lowest BCUT2D eigenvalue weighted by Crippen LogP contribution is -1.98. The minimum absolute atomic E-state index is 0.342. The Morgan fingerprint density at radius 2 is 2.19 bits per heavy atom. The zero-order chi connectivity index (χ0) is 11.5. The predicted molar refractivity (Wildman–Crippen MR) is 54.5 cm³/mol. The van der Waals surface area contributed by atoms with Crippen molar-refractivity contribution >= 4 is 0 Å². The molecular weight excluding hydrogens is 211 g/mol. The summed E-state index contributed by atoms with van der Waals surface area (Å²) in [7, 11) is 0. The van der Waals surface area contributed by atoms with Crippen molar-refractivity contribution in [2.24, 2.45) is 0 Å². The summed E-state index contributed by atoms with van der Waals surface area (Å²) in [5.74, 6) is 0.721. The molecule has 0 amide bonds.